The van der Waals surface area contributed by atoms with Crippen molar-refractivity contribution >= 4 is 11.6 Å². The number of anilines is 1. The second-order valence-corrected chi connectivity index (χ2v) is 2.72. The van der Waals surface area contributed by atoms with Crippen molar-refractivity contribution in [2.45, 2.75) is 13.3 Å². The Bertz CT molecular complexity index is 299. The van der Waals surface area contributed by atoms with Gasteiger partial charge >= 0.3 is 0 Å². The van der Waals surface area contributed by atoms with Crippen LogP contribution in [0.4, 0.5) is 5.69 Å². The molecule has 0 bridgehead atoms. The van der Waals surface area contributed by atoms with E-state index in [9.17, 15) is 4.79 Å². The van der Waals surface area contributed by atoms with Crippen LogP contribution in [0.3, 0.4) is 0 Å². The van der Waals surface area contributed by atoms with Crippen molar-refractivity contribution < 1.29 is 4.79 Å². The van der Waals surface area contributed by atoms with Crippen molar-refractivity contribution in [3.05, 3.63) is 24.0 Å². The monoisotopic (exact) mass is 179 g/mol. The van der Waals surface area contributed by atoms with Gasteiger partial charge in [-0.1, -0.05) is 0 Å². The quantitative estimate of drug-likeness (QED) is 0.716. The third-order valence-electron chi connectivity index (χ3n) is 1.65. The number of carbonyl (C=O) groups excluding carboxylic acids is 1. The Labute approximate surface area is 77.2 Å². The van der Waals surface area contributed by atoms with Crippen LogP contribution in [-0.4, -0.2) is 17.4 Å². The van der Waals surface area contributed by atoms with Gasteiger partial charge in [0.25, 0.3) is 0 Å². The van der Waals surface area contributed by atoms with E-state index in [0.717, 1.165) is 11.4 Å². The highest BCUT2D eigenvalue weighted by Gasteiger charge is 2.02. The van der Waals surface area contributed by atoms with Crippen molar-refractivity contribution in [3.63, 3.8) is 0 Å². The Morgan fingerprint density at radius 1 is 1.69 bits per heavy atom. The number of amides is 1. The van der Waals surface area contributed by atoms with Crippen LogP contribution < -0.4 is 11.1 Å². The number of carbonyl (C=O) groups is 1. The summed E-state index contributed by atoms with van der Waals surface area (Å²) in [4.78, 5) is 15.2. The summed E-state index contributed by atoms with van der Waals surface area (Å²) < 4.78 is 0. The van der Waals surface area contributed by atoms with E-state index in [-0.39, 0.29) is 5.91 Å². The second-order valence-electron chi connectivity index (χ2n) is 2.72. The van der Waals surface area contributed by atoms with Crippen molar-refractivity contribution in [2.75, 3.05) is 11.9 Å². The van der Waals surface area contributed by atoms with E-state index in [1.54, 1.807) is 12.3 Å². The first kappa shape index (κ1) is 9.67. The number of aryl methyl sites for hydroxylation is 1. The number of pyridine rings is 1. The molecule has 1 rings (SSSR count). The Hall–Kier alpha value is -1.42. The van der Waals surface area contributed by atoms with Crippen LogP contribution in [0.5, 0.6) is 0 Å². The molecule has 0 aliphatic heterocycles. The standard InChI is InChI=1S/C9H13N3O/c1-7-8(3-2-6-11-7)12-9(13)4-5-10/h2-3,6H,4-5,10H2,1H3,(H,12,13). The van der Waals surface area contributed by atoms with Crippen molar-refractivity contribution in [1.82, 2.24) is 4.98 Å². The van der Waals surface area contributed by atoms with Crippen LogP contribution in [0.25, 0.3) is 0 Å². The Kier molecular flexibility index (Phi) is 3.40. The van der Waals surface area contributed by atoms with Crippen LogP contribution in [0.1, 0.15) is 12.1 Å². The molecule has 4 nitrogen and oxygen atoms in total. The summed E-state index contributed by atoms with van der Waals surface area (Å²) in [5, 5.41) is 2.73. The SMILES string of the molecule is Cc1ncccc1NC(=O)CCN. The number of hydrogen-bond donors (Lipinski definition) is 2. The summed E-state index contributed by atoms with van der Waals surface area (Å²) in [5.74, 6) is -0.0707. The van der Waals surface area contributed by atoms with Crippen LogP contribution in [0.15, 0.2) is 18.3 Å². The van der Waals surface area contributed by atoms with Crippen molar-refractivity contribution in [2.24, 2.45) is 5.73 Å². The first-order chi connectivity index (χ1) is 6.24. The molecule has 0 atom stereocenters. The lowest BCUT2D eigenvalue weighted by Gasteiger charge is -2.05. The summed E-state index contributed by atoms with van der Waals surface area (Å²) >= 11 is 0. The number of nitrogens with zero attached hydrogens (tertiary/aromatic N) is 1. The average Bonchev–Trinajstić information content (AvgIpc) is 2.09. The van der Waals surface area contributed by atoms with Gasteiger partial charge < -0.3 is 11.1 Å². The van der Waals surface area contributed by atoms with Crippen LogP contribution in [-0.2, 0) is 4.79 Å². The molecule has 3 N–H and O–H groups in total. The van der Waals surface area contributed by atoms with Gasteiger partial charge in [-0.3, -0.25) is 9.78 Å². The zero-order valence-corrected chi connectivity index (χ0v) is 7.58. The van der Waals surface area contributed by atoms with Crippen molar-refractivity contribution in [3.8, 4) is 0 Å². The second kappa shape index (κ2) is 4.57. The molecule has 0 aromatic carbocycles. The lowest BCUT2D eigenvalue weighted by Crippen LogP contribution is -2.16. The summed E-state index contributed by atoms with van der Waals surface area (Å²) in [6, 6.07) is 3.60. The van der Waals surface area contributed by atoms with Gasteiger partial charge in [0.1, 0.15) is 0 Å². The smallest absolute Gasteiger partial charge is 0.225 e. The molecule has 0 unspecified atom stereocenters. The largest absolute Gasteiger partial charge is 0.330 e. The topological polar surface area (TPSA) is 68.0 Å². The van der Waals surface area contributed by atoms with E-state index in [1.165, 1.54) is 0 Å². The number of hydrogen-bond acceptors (Lipinski definition) is 3. The molecule has 1 aromatic rings. The lowest BCUT2D eigenvalue weighted by atomic mass is 10.3. The molecule has 0 spiro atoms. The number of rotatable bonds is 3. The normalized spacial score (nSPS) is 9.69. The van der Waals surface area contributed by atoms with Gasteiger partial charge in [0.2, 0.25) is 5.91 Å². The Balaban J connectivity index is 2.63. The minimum atomic E-state index is -0.0707. The molecule has 1 heterocycles. The molecule has 0 saturated carbocycles. The molecule has 0 fully saturated rings. The summed E-state index contributed by atoms with van der Waals surface area (Å²) in [7, 11) is 0. The Morgan fingerprint density at radius 3 is 3.08 bits per heavy atom. The van der Waals surface area contributed by atoms with Crippen molar-refractivity contribution in [1.29, 1.82) is 0 Å². The first-order valence-corrected chi connectivity index (χ1v) is 4.15. The average molecular weight is 179 g/mol. The fourth-order valence-electron chi connectivity index (χ4n) is 0.960. The van der Waals surface area contributed by atoms with Crippen LogP contribution in [0.2, 0.25) is 0 Å². The number of nitrogens with two attached hydrogens (primary N) is 1. The fraction of sp³-hybridized carbons (Fsp3) is 0.333. The molecule has 0 aliphatic rings. The van der Waals surface area contributed by atoms with Gasteiger partial charge in [-0.05, 0) is 19.1 Å². The van der Waals surface area contributed by atoms with Gasteiger partial charge in [-0.25, -0.2) is 0 Å². The van der Waals surface area contributed by atoms with E-state index in [2.05, 4.69) is 10.3 Å². The third kappa shape index (κ3) is 2.83. The molecule has 0 saturated heterocycles. The van der Waals surface area contributed by atoms with E-state index < -0.39 is 0 Å². The maximum atomic E-state index is 11.1. The van der Waals surface area contributed by atoms with Gasteiger partial charge in [-0.15, -0.1) is 0 Å². The molecular formula is C9H13N3O. The molecule has 70 valence electrons. The minimum Gasteiger partial charge on any atom is -0.330 e. The molecule has 13 heavy (non-hydrogen) atoms. The first-order valence-electron chi connectivity index (χ1n) is 4.15. The summed E-state index contributed by atoms with van der Waals surface area (Å²) in [6.07, 6.45) is 2.03. The zero-order chi connectivity index (χ0) is 9.68. The predicted molar refractivity (Wildman–Crippen MR) is 51.3 cm³/mol. The number of nitrogens with one attached hydrogen (secondary N) is 1. The highest BCUT2D eigenvalue weighted by molar-refractivity contribution is 5.91. The summed E-state index contributed by atoms with van der Waals surface area (Å²) in [5.41, 5.74) is 6.81. The third-order valence-corrected chi connectivity index (χ3v) is 1.65. The molecule has 4 heteroatoms. The van der Waals surface area contributed by atoms with Crippen LogP contribution in [0, 0.1) is 6.92 Å². The molecule has 0 aliphatic carbocycles. The lowest BCUT2D eigenvalue weighted by molar-refractivity contribution is -0.116. The van der Waals surface area contributed by atoms with E-state index in [4.69, 9.17) is 5.73 Å². The van der Waals surface area contributed by atoms with Gasteiger partial charge in [0, 0.05) is 19.2 Å². The molecule has 1 aromatic heterocycles. The molecule has 1 amide bonds. The molecule has 0 radical (unpaired) electrons. The van der Waals surface area contributed by atoms with E-state index in [0.29, 0.717) is 13.0 Å². The highest BCUT2D eigenvalue weighted by Crippen LogP contribution is 2.09. The Morgan fingerprint density at radius 2 is 2.46 bits per heavy atom. The number of aromatic nitrogens is 1. The highest BCUT2D eigenvalue weighted by atomic mass is 16.1. The van der Waals surface area contributed by atoms with E-state index >= 15 is 0 Å². The van der Waals surface area contributed by atoms with E-state index in [1.807, 2.05) is 13.0 Å². The maximum Gasteiger partial charge on any atom is 0.225 e. The minimum absolute atomic E-state index is 0.0707. The summed E-state index contributed by atoms with van der Waals surface area (Å²) in [6.45, 7) is 2.21. The van der Waals surface area contributed by atoms with Gasteiger partial charge in [-0.2, -0.15) is 0 Å². The van der Waals surface area contributed by atoms with Gasteiger partial charge in [0.05, 0.1) is 11.4 Å². The fourth-order valence-corrected chi connectivity index (χ4v) is 0.960. The van der Waals surface area contributed by atoms with Gasteiger partial charge in [0.15, 0.2) is 0 Å². The maximum absolute atomic E-state index is 11.1. The zero-order valence-electron chi connectivity index (χ0n) is 7.58. The molecular weight excluding hydrogens is 166 g/mol. The predicted octanol–water partition coefficient (Wildman–Crippen LogP) is 0.677. The van der Waals surface area contributed by atoms with Crippen LogP contribution >= 0.6 is 0 Å².